The van der Waals surface area contributed by atoms with Gasteiger partial charge in [0.15, 0.2) is 0 Å². The van der Waals surface area contributed by atoms with Crippen molar-refractivity contribution in [3.8, 4) is 11.8 Å². The van der Waals surface area contributed by atoms with Crippen LogP contribution in [0.3, 0.4) is 0 Å². The number of amides is 1. The van der Waals surface area contributed by atoms with E-state index in [0.717, 1.165) is 0 Å². The molecule has 1 aliphatic rings. The Morgan fingerprint density at radius 1 is 1.10 bits per heavy atom. The Labute approximate surface area is 178 Å². The number of hydrogen-bond donors (Lipinski definition) is 1. The third-order valence-corrected chi connectivity index (χ3v) is 4.85. The van der Waals surface area contributed by atoms with Crippen molar-refractivity contribution in [1.82, 2.24) is 4.57 Å². The number of carbonyl (C=O) groups is 1. The monoisotopic (exact) mass is 410 g/mol. The molecule has 0 unspecified atom stereocenters. The Bertz CT molecular complexity index is 1290. The molecule has 152 valence electrons. The topological polar surface area (TPSA) is 103 Å². The van der Waals surface area contributed by atoms with Crippen LogP contribution in [0.15, 0.2) is 75.4 Å². The molecule has 1 aromatic heterocycles. The largest absolute Gasteiger partial charge is 0.322 e. The normalized spacial score (nSPS) is 12.5. The summed E-state index contributed by atoms with van der Waals surface area (Å²) in [7, 11) is 0. The molecule has 2 aromatic carbocycles. The Balaban J connectivity index is 1.99. The van der Waals surface area contributed by atoms with Gasteiger partial charge in [0.05, 0.1) is 17.6 Å². The first-order valence-electron chi connectivity index (χ1n) is 9.51. The molecule has 0 fully saturated rings. The quantitative estimate of drug-likeness (QED) is 0.714. The van der Waals surface area contributed by atoms with Crippen molar-refractivity contribution in [1.29, 1.82) is 5.26 Å². The van der Waals surface area contributed by atoms with E-state index in [1.165, 1.54) is 22.1 Å². The van der Waals surface area contributed by atoms with Crippen molar-refractivity contribution < 1.29 is 4.79 Å². The number of nitrogens with zero attached hydrogens (tertiary/aromatic N) is 5. The number of benzene rings is 2. The second-order valence-corrected chi connectivity index (χ2v) is 6.77. The van der Waals surface area contributed by atoms with Crippen molar-refractivity contribution in [2.45, 2.75) is 6.92 Å². The summed E-state index contributed by atoms with van der Waals surface area (Å²) in [5.41, 5.74) is 1.22. The fourth-order valence-corrected chi connectivity index (χ4v) is 3.45. The Kier molecular flexibility index (Phi) is 5.41. The zero-order chi connectivity index (χ0) is 21.8. The van der Waals surface area contributed by atoms with Crippen LogP contribution in [0, 0.1) is 18.3 Å². The molecule has 1 amide bonds. The molecular weight excluding hydrogens is 392 g/mol. The molecule has 0 aliphatic carbocycles. The molecule has 0 atom stereocenters. The summed E-state index contributed by atoms with van der Waals surface area (Å²) >= 11 is 0. The summed E-state index contributed by atoms with van der Waals surface area (Å²) in [6.07, 6.45) is 2.83. The lowest BCUT2D eigenvalue weighted by molar-refractivity contribution is 0.102. The number of carbonyl (C=O) groups excluding carboxylic acids is 1. The number of nitriles is 1. The number of aliphatic imine (C=N–C) groups is 2. The van der Waals surface area contributed by atoms with Crippen molar-refractivity contribution >= 4 is 30.0 Å². The van der Waals surface area contributed by atoms with Gasteiger partial charge < -0.3 is 10.2 Å². The minimum absolute atomic E-state index is 0.137. The first-order valence-corrected chi connectivity index (χ1v) is 9.51. The van der Waals surface area contributed by atoms with Crippen molar-refractivity contribution in [2.24, 2.45) is 9.98 Å². The highest BCUT2D eigenvalue weighted by Crippen LogP contribution is 2.28. The van der Waals surface area contributed by atoms with E-state index in [1.807, 2.05) is 12.1 Å². The van der Waals surface area contributed by atoms with Crippen LogP contribution < -0.4 is 15.8 Å². The molecule has 2 heterocycles. The Morgan fingerprint density at radius 2 is 1.77 bits per heavy atom. The van der Waals surface area contributed by atoms with E-state index in [4.69, 9.17) is 0 Å². The van der Waals surface area contributed by atoms with Gasteiger partial charge in [-0.05, 0) is 31.2 Å². The minimum atomic E-state index is -0.615. The molecule has 3 aromatic rings. The second-order valence-electron chi connectivity index (χ2n) is 6.77. The number of hydrogen-bond acceptors (Lipinski definition) is 6. The molecule has 0 bridgehead atoms. The fourth-order valence-electron chi connectivity index (χ4n) is 3.45. The van der Waals surface area contributed by atoms with Crippen LogP contribution in [0.5, 0.6) is 0 Å². The number of rotatable bonds is 4. The smallest absolute Gasteiger partial charge is 0.270 e. The van der Waals surface area contributed by atoms with Gasteiger partial charge in [0, 0.05) is 17.1 Å². The van der Waals surface area contributed by atoms with Gasteiger partial charge in [-0.1, -0.05) is 36.4 Å². The highest BCUT2D eigenvalue weighted by Gasteiger charge is 2.28. The van der Waals surface area contributed by atoms with Crippen LogP contribution in [0.2, 0.25) is 0 Å². The average Bonchev–Trinajstić information content (AvgIpc) is 2.80. The summed E-state index contributed by atoms with van der Waals surface area (Å²) in [6, 6.07) is 19.9. The Hall–Kier alpha value is -4.51. The second kappa shape index (κ2) is 8.47. The highest BCUT2D eigenvalue weighted by atomic mass is 16.2. The van der Waals surface area contributed by atoms with E-state index in [1.54, 1.807) is 55.5 Å². The van der Waals surface area contributed by atoms with Crippen LogP contribution >= 0.6 is 0 Å². The molecule has 4 rings (SSSR count). The van der Waals surface area contributed by atoms with Crippen LogP contribution in [-0.2, 0) is 0 Å². The van der Waals surface area contributed by atoms with Gasteiger partial charge in [0.25, 0.3) is 11.5 Å². The number of pyridine rings is 1. The number of nitrogens with one attached hydrogen (secondary N) is 1. The lowest BCUT2D eigenvalue weighted by Crippen LogP contribution is -2.36. The number of anilines is 2. The van der Waals surface area contributed by atoms with E-state index < -0.39 is 11.5 Å². The predicted octanol–water partition coefficient (Wildman–Crippen LogP) is 3.10. The van der Waals surface area contributed by atoms with E-state index >= 15 is 0 Å². The van der Waals surface area contributed by atoms with Gasteiger partial charge >= 0.3 is 0 Å². The van der Waals surface area contributed by atoms with Gasteiger partial charge in [-0.25, -0.2) is 4.99 Å². The lowest BCUT2D eigenvalue weighted by Gasteiger charge is -2.25. The van der Waals surface area contributed by atoms with Gasteiger partial charge in [-0.15, -0.1) is 0 Å². The molecule has 8 nitrogen and oxygen atoms in total. The maximum absolute atomic E-state index is 13.6. The summed E-state index contributed by atoms with van der Waals surface area (Å²) in [6.45, 7) is 1.82. The summed E-state index contributed by atoms with van der Waals surface area (Å²) in [4.78, 5) is 36.6. The number of aromatic nitrogens is 1. The zero-order valence-corrected chi connectivity index (χ0v) is 16.7. The summed E-state index contributed by atoms with van der Waals surface area (Å²) in [5.74, 6) is -0.615. The molecule has 0 saturated carbocycles. The van der Waals surface area contributed by atoms with Gasteiger partial charge in [0.2, 0.25) is 0 Å². The zero-order valence-electron chi connectivity index (χ0n) is 16.7. The van der Waals surface area contributed by atoms with Crippen LogP contribution in [-0.4, -0.2) is 29.8 Å². The first kappa shape index (κ1) is 19.8. The van der Waals surface area contributed by atoms with Crippen molar-refractivity contribution in [3.63, 3.8) is 0 Å². The lowest BCUT2D eigenvalue weighted by atomic mass is 10.0. The summed E-state index contributed by atoms with van der Waals surface area (Å²) < 4.78 is 1.38. The maximum Gasteiger partial charge on any atom is 0.270 e. The molecule has 0 spiro atoms. The van der Waals surface area contributed by atoms with Gasteiger partial charge in [-0.3, -0.25) is 19.1 Å². The number of para-hydroxylation sites is 2. The maximum atomic E-state index is 13.6. The minimum Gasteiger partial charge on any atom is -0.322 e. The SMILES string of the molecule is Cc1c(C#N)c(N2C=NC=NC2)c(C(=O)Nc2ccccc2)c(=O)n1-c1ccccc1. The molecule has 31 heavy (non-hydrogen) atoms. The summed E-state index contributed by atoms with van der Waals surface area (Å²) in [5, 5.41) is 12.7. The van der Waals surface area contributed by atoms with E-state index in [2.05, 4.69) is 21.4 Å². The average molecular weight is 410 g/mol. The standard InChI is InChI=1S/C23H18N6O2/c1-16-19(12-24)21(28-14-25-13-26-15-28)20(22(30)27-17-8-4-2-5-9-17)23(31)29(16)18-10-6-3-7-11-18/h2-11,13-14H,15H2,1H3,(H,27,30). The van der Waals surface area contributed by atoms with E-state index in [9.17, 15) is 14.9 Å². The fraction of sp³-hybridized carbons (Fsp3) is 0.0870. The van der Waals surface area contributed by atoms with Gasteiger partial charge in [-0.2, -0.15) is 5.26 Å². The van der Waals surface area contributed by atoms with Crippen molar-refractivity contribution in [3.05, 3.63) is 87.8 Å². The van der Waals surface area contributed by atoms with Crippen LogP contribution in [0.1, 0.15) is 21.6 Å². The van der Waals surface area contributed by atoms with E-state index in [-0.39, 0.29) is 23.5 Å². The molecule has 0 radical (unpaired) electrons. The molecule has 1 N–H and O–H groups in total. The van der Waals surface area contributed by atoms with Gasteiger partial charge in [0.1, 0.15) is 24.6 Å². The van der Waals surface area contributed by atoms with Crippen LogP contribution in [0.4, 0.5) is 11.4 Å². The third kappa shape index (κ3) is 3.72. The molecular formula is C23H18N6O2. The predicted molar refractivity (Wildman–Crippen MR) is 120 cm³/mol. The van der Waals surface area contributed by atoms with E-state index in [0.29, 0.717) is 17.1 Å². The molecule has 1 aliphatic heterocycles. The third-order valence-electron chi connectivity index (χ3n) is 4.85. The van der Waals surface area contributed by atoms with Crippen molar-refractivity contribution in [2.75, 3.05) is 16.9 Å². The molecule has 0 saturated heterocycles. The van der Waals surface area contributed by atoms with Crippen LogP contribution in [0.25, 0.3) is 5.69 Å². The molecule has 8 heteroatoms. The highest BCUT2D eigenvalue weighted by molar-refractivity contribution is 6.10. The Morgan fingerprint density at radius 3 is 2.39 bits per heavy atom. The first-order chi connectivity index (χ1) is 15.1.